The van der Waals surface area contributed by atoms with Gasteiger partial charge in [0, 0.05) is 0 Å². The monoisotopic (exact) mass is 894 g/mol. The van der Waals surface area contributed by atoms with Gasteiger partial charge in [-0.25, -0.2) is 0 Å². The van der Waals surface area contributed by atoms with E-state index in [1.54, 1.807) is 28.9 Å². The van der Waals surface area contributed by atoms with E-state index in [0.717, 1.165) is 20.3 Å². The number of hydrogen-bond acceptors (Lipinski definition) is 4. The quantitative estimate of drug-likeness (QED) is 0.0399. The van der Waals surface area contributed by atoms with Gasteiger partial charge in [-0.15, -0.1) is 0 Å². The Bertz CT molecular complexity index is 1500. The molecule has 0 aliphatic carbocycles. The second kappa shape index (κ2) is 21.7. The van der Waals surface area contributed by atoms with Crippen LogP contribution in [0.2, 0.25) is 13.3 Å². The Morgan fingerprint density at radius 2 is 1.35 bits per heavy atom. The standard InChI is InChI=1S/C28H30INO4S.3C4H9.Sn/c1-5-23(21-28(33-3)34-4)27-14-10-9-11-24(27)19-20-30(29-25-12-7-6-8-13-25)35(31,32)26-17-15-22(2)16-18-26;3*1-3-4-2;/h6-18,23,28H,19-21H2,2-4H3;3*1,3-4H2,2H3;/q+1;;;;. The van der Waals surface area contributed by atoms with Crippen LogP contribution < -0.4 is 21.5 Å². The van der Waals surface area contributed by atoms with Gasteiger partial charge in [-0.05, 0) is 6.92 Å². The maximum atomic E-state index is 14.1. The molecule has 3 rings (SSSR count). The number of unbranched alkanes of at least 4 members (excludes halogenated alkanes) is 3. The summed E-state index contributed by atoms with van der Waals surface area (Å²) in [5.41, 5.74) is 3.34. The average Bonchev–Trinajstić information content (AvgIpc) is 3.11. The first kappa shape index (κ1) is 41.0. The van der Waals surface area contributed by atoms with E-state index in [2.05, 4.69) is 54.9 Å². The van der Waals surface area contributed by atoms with Gasteiger partial charge in [-0.2, -0.15) is 0 Å². The van der Waals surface area contributed by atoms with E-state index in [4.69, 9.17) is 9.47 Å². The molecule has 0 spiro atoms. The normalized spacial score (nSPS) is 12.7. The summed E-state index contributed by atoms with van der Waals surface area (Å²) in [5, 5.41) is 0. The van der Waals surface area contributed by atoms with Gasteiger partial charge in [0.15, 0.2) is 0 Å². The van der Waals surface area contributed by atoms with Crippen LogP contribution in [-0.2, 0) is 25.9 Å². The molecule has 262 valence electrons. The van der Waals surface area contributed by atoms with Gasteiger partial charge in [0.1, 0.15) is 0 Å². The molecule has 0 aliphatic rings. The number of sulfonamides is 1. The SMILES string of the molecule is CCC[CH2][Sn]([C]#CC(CC(OC)OC)c1ccccc1CCN([I+]c1ccccc1)S(=O)(=O)c1ccc(C)cc1)([CH2]CCC)[CH2]CCC. The van der Waals surface area contributed by atoms with Crippen molar-refractivity contribution < 1.29 is 39.4 Å². The number of hydrogen-bond donors (Lipinski definition) is 0. The van der Waals surface area contributed by atoms with E-state index in [1.807, 2.05) is 49.4 Å². The molecule has 48 heavy (non-hydrogen) atoms. The fourth-order valence-electron chi connectivity index (χ4n) is 6.02. The van der Waals surface area contributed by atoms with Gasteiger partial charge in [-0.1, -0.05) is 11.6 Å². The summed E-state index contributed by atoms with van der Waals surface area (Å²) >= 11 is -3.71. The molecule has 0 saturated carbocycles. The summed E-state index contributed by atoms with van der Waals surface area (Å²) in [5.74, 6) is 3.83. The Labute approximate surface area is 307 Å². The number of methoxy groups -OCH3 is 2. The van der Waals surface area contributed by atoms with Crippen molar-refractivity contribution in [2.75, 3.05) is 20.8 Å². The third-order valence-corrected chi connectivity index (χ3v) is 28.0. The Morgan fingerprint density at radius 1 is 0.792 bits per heavy atom. The predicted octanol–water partition coefficient (Wildman–Crippen LogP) is 6.59. The van der Waals surface area contributed by atoms with Gasteiger partial charge in [0.05, 0.1) is 0 Å². The molecule has 1 unspecified atom stereocenters. The van der Waals surface area contributed by atoms with Crippen LogP contribution in [0.25, 0.3) is 0 Å². The van der Waals surface area contributed by atoms with E-state index in [-0.39, 0.29) is 12.2 Å². The van der Waals surface area contributed by atoms with Crippen LogP contribution in [0.1, 0.15) is 88.3 Å². The third kappa shape index (κ3) is 12.7. The molecule has 3 aromatic rings. The van der Waals surface area contributed by atoms with E-state index in [9.17, 15) is 8.42 Å². The molecule has 0 aliphatic heterocycles. The van der Waals surface area contributed by atoms with Crippen molar-refractivity contribution in [2.24, 2.45) is 0 Å². The van der Waals surface area contributed by atoms with E-state index < -0.39 is 49.9 Å². The summed E-state index contributed by atoms with van der Waals surface area (Å²) < 4.78 is 50.6. The van der Waals surface area contributed by atoms with Crippen LogP contribution >= 0.6 is 0 Å². The molecule has 0 saturated heterocycles. The van der Waals surface area contributed by atoms with Crippen molar-refractivity contribution in [3.63, 3.8) is 0 Å². The molecule has 8 heteroatoms. The molecule has 0 radical (unpaired) electrons. The molecular weight excluding hydrogens is 836 g/mol. The number of rotatable bonds is 21. The summed E-state index contributed by atoms with van der Waals surface area (Å²) in [6, 6.07) is 25.7. The van der Waals surface area contributed by atoms with Crippen LogP contribution in [-0.4, -0.2) is 56.4 Å². The van der Waals surface area contributed by atoms with Crippen molar-refractivity contribution in [3.05, 3.63) is 99.1 Å². The number of benzene rings is 3. The Kier molecular flexibility index (Phi) is 18.6. The molecule has 0 amide bonds. The molecule has 0 bridgehead atoms. The molecule has 5 nitrogen and oxygen atoms in total. The topological polar surface area (TPSA) is 55.8 Å². The van der Waals surface area contributed by atoms with Crippen molar-refractivity contribution in [1.29, 1.82) is 0 Å². The van der Waals surface area contributed by atoms with Crippen LogP contribution in [0.3, 0.4) is 0 Å². The van der Waals surface area contributed by atoms with Crippen LogP contribution in [0.15, 0.2) is 83.8 Å². The first-order valence-corrected chi connectivity index (χ1v) is 28.6. The summed E-state index contributed by atoms with van der Waals surface area (Å²) in [4.78, 5) is 0.346. The van der Waals surface area contributed by atoms with Gasteiger partial charge in [0.25, 0.3) is 0 Å². The number of aryl methyl sites for hydroxylation is 1. The summed E-state index contributed by atoms with van der Waals surface area (Å²) in [7, 11) is -0.293. The second-order valence-corrected chi connectivity index (χ2v) is 30.4. The fourth-order valence-corrected chi connectivity index (χ4v) is 24.4. The van der Waals surface area contributed by atoms with Crippen LogP contribution in [0.4, 0.5) is 0 Å². The predicted molar refractivity (Wildman–Crippen MR) is 198 cm³/mol. The molecule has 1 atom stereocenters. The van der Waals surface area contributed by atoms with Gasteiger partial charge in [-0.3, -0.25) is 0 Å². The second-order valence-electron chi connectivity index (χ2n) is 12.7. The molecule has 0 fully saturated rings. The summed E-state index contributed by atoms with van der Waals surface area (Å²) in [6.45, 7) is 9.27. The zero-order valence-corrected chi connectivity index (χ0v) is 35.8. The van der Waals surface area contributed by atoms with Crippen LogP contribution in [0.5, 0.6) is 0 Å². The van der Waals surface area contributed by atoms with Crippen molar-refractivity contribution in [2.45, 2.75) is 109 Å². The zero-order valence-electron chi connectivity index (χ0n) is 30.0. The number of halogens is 1. The summed E-state index contributed by atoms with van der Waals surface area (Å²) in [6.07, 6.45) is 8.33. The van der Waals surface area contributed by atoms with E-state index in [1.165, 1.54) is 51.8 Å². The molecule has 0 aromatic heterocycles. The number of nitrogens with zero attached hydrogens (tertiary/aromatic N) is 1. The maximum absolute atomic E-state index is 14.1. The van der Waals surface area contributed by atoms with Gasteiger partial charge < -0.3 is 0 Å². The van der Waals surface area contributed by atoms with Gasteiger partial charge in [0.2, 0.25) is 0 Å². The first-order chi connectivity index (χ1) is 23.2. The van der Waals surface area contributed by atoms with Gasteiger partial charge >= 0.3 is 291 Å². The third-order valence-electron chi connectivity index (χ3n) is 8.98. The average molecular weight is 894 g/mol. The van der Waals surface area contributed by atoms with E-state index >= 15 is 0 Å². The van der Waals surface area contributed by atoms with E-state index in [0.29, 0.717) is 24.3 Å². The molecule has 0 N–H and O–H groups in total. The van der Waals surface area contributed by atoms with Crippen molar-refractivity contribution in [3.8, 4) is 9.86 Å². The Hall–Kier alpha value is -1.42. The Balaban J connectivity index is 2.04. The minimum atomic E-state index is -3.68. The molecular formula is C40H57INO4SSn+. The minimum absolute atomic E-state index is 0.0574. The van der Waals surface area contributed by atoms with Crippen LogP contribution in [0, 0.1) is 20.4 Å². The molecule has 3 aromatic carbocycles. The fraction of sp³-hybridized carbons (Fsp3) is 0.500. The molecule has 0 heterocycles. The zero-order chi connectivity index (χ0) is 34.8. The first-order valence-electron chi connectivity index (χ1n) is 17.7. The van der Waals surface area contributed by atoms with Crippen molar-refractivity contribution >= 4 is 28.4 Å². The Morgan fingerprint density at radius 3 is 1.92 bits per heavy atom. The van der Waals surface area contributed by atoms with Crippen molar-refractivity contribution in [1.82, 2.24) is 2.52 Å². The number of ether oxygens (including phenoxy) is 2.